The Bertz CT molecular complexity index is 730. The molecule has 2 N–H and O–H groups in total. The Morgan fingerprint density at radius 3 is 2.71 bits per heavy atom. The SMILES string of the molecule is CCC(CNC(=O)c1ccnc(C(=O)O)c1)Oc1ccccc1C. The van der Waals surface area contributed by atoms with E-state index < -0.39 is 5.97 Å². The van der Waals surface area contributed by atoms with Crippen molar-refractivity contribution in [2.24, 2.45) is 0 Å². The highest BCUT2D eigenvalue weighted by atomic mass is 16.5. The van der Waals surface area contributed by atoms with Gasteiger partial charge in [0.15, 0.2) is 0 Å². The maximum atomic E-state index is 12.2. The fourth-order valence-electron chi connectivity index (χ4n) is 2.13. The lowest BCUT2D eigenvalue weighted by atomic mass is 10.2. The highest BCUT2D eigenvalue weighted by molar-refractivity contribution is 5.96. The molecule has 1 atom stereocenters. The maximum Gasteiger partial charge on any atom is 0.354 e. The molecular formula is C18H20N2O4. The second-order valence-electron chi connectivity index (χ2n) is 5.36. The molecule has 0 radical (unpaired) electrons. The average Bonchev–Trinajstić information content (AvgIpc) is 2.60. The maximum absolute atomic E-state index is 12.2. The summed E-state index contributed by atoms with van der Waals surface area (Å²) in [7, 11) is 0. The molecule has 1 unspecified atom stereocenters. The van der Waals surface area contributed by atoms with Gasteiger partial charge < -0.3 is 15.2 Å². The van der Waals surface area contributed by atoms with E-state index in [0.717, 1.165) is 17.7 Å². The Morgan fingerprint density at radius 2 is 2.04 bits per heavy atom. The number of carbonyl (C=O) groups excluding carboxylic acids is 1. The molecule has 2 aromatic rings. The van der Waals surface area contributed by atoms with E-state index in [1.54, 1.807) is 0 Å². The zero-order chi connectivity index (χ0) is 17.5. The van der Waals surface area contributed by atoms with Crippen molar-refractivity contribution < 1.29 is 19.4 Å². The number of nitrogens with one attached hydrogen (secondary N) is 1. The van der Waals surface area contributed by atoms with Gasteiger partial charge in [-0.3, -0.25) is 4.79 Å². The first-order chi connectivity index (χ1) is 11.5. The van der Waals surface area contributed by atoms with E-state index in [-0.39, 0.29) is 23.3 Å². The average molecular weight is 328 g/mol. The molecule has 1 amide bonds. The van der Waals surface area contributed by atoms with Crippen molar-refractivity contribution >= 4 is 11.9 Å². The second kappa shape index (κ2) is 8.10. The minimum Gasteiger partial charge on any atom is -0.488 e. The smallest absolute Gasteiger partial charge is 0.354 e. The number of ether oxygens (including phenoxy) is 1. The standard InChI is InChI=1S/C18H20N2O4/c1-3-14(24-16-7-5-4-6-12(16)2)11-20-17(21)13-8-9-19-15(10-13)18(22)23/h4-10,14H,3,11H2,1-2H3,(H,20,21)(H,22,23). The van der Waals surface area contributed by atoms with Gasteiger partial charge in [-0.15, -0.1) is 0 Å². The summed E-state index contributed by atoms with van der Waals surface area (Å²) >= 11 is 0. The van der Waals surface area contributed by atoms with Crippen LogP contribution in [0.5, 0.6) is 5.75 Å². The molecule has 0 aliphatic heterocycles. The van der Waals surface area contributed by atoms with Gasteiger partial charge in [0.1, 0.15) is 17.5 Å². The number of aryl methyl sites for hydroxylation is 1. The topological polar surface area (TPSA) is 88.5 Å². The van der Waals surface area contributed by atoms with Crippen LogP contribution >= 0.6 is 0 Å². The number of carboxylic acid groups (broad SMARTS) is 1. The second-order valence-corrected chi connectivity index (χ2v) is 5.36. The molecule has 0 bridgehead atoms. The summed E-state index contributed by atoms with van der Waals surface area (Å²) in [5.41, 5.74) is 1.13. The Morgan fingerprint density at radius 1 is 1.29 bits per heavy atom. The van der Waals surface area contributed by atoms with Crippen LogP contribution in [0.3, 0.4) is 0 Å². The monoisotopic (exact) mass is 328 g/mol. The van der Waals surface area contributed by atoms with Gasteiger partial charge in [-0.25, -0.2) is 9.78 Å². The summed E-state index contributed by atoms with van der Waals surface area (Å²) in [6.07, 6.45) is 1.86. The number of carbonyl (C=O) groups is 2. The number of aromatic nitrogens is 1. The van der Waals surface area contributed by atoms with E-state index in [1.807, 2.05) is 38.1 Å². The number of rotatable bonds is 7. The number of nitrogens with zero attached hydrogens (tertiary/aromatic N) is 1. The predicted octanol–water partition coefficient (Wildman–Crippen LogP) is 2.68. The molecule has 0 saturated carbocycles. The highest BCUT2D eigenvalue weighted by Gasteiger charge is 2.14. The van der Waals surface area contributed by atoms with E-state index >= 15 is 0 Å². The number of hydrogen-bond donors (Lipinski definition) is 2. The van der Waals surface area contributed by atoms with Gasteiger partial charge in [0, 0.05) is 11.8 Å². The van der Waals surface area contributed by atoms with Gasteiger partial charge in [-0.2, -0.15) is 0 Å². The van der Waals surface area contributed by atoms with Crippen LogP contribution in [0.1, 0.15) is 39.8 Å². The lowest BCUT2D eigenvalue weighted by Gasteiger charge is -2.19. The lowest BCUT2D eigenvalue weighted by molar-refractivity contribution is 0.0690. The van der Waals surface area contributed by atoms with E-state index in [9.17, 15) is 9.59 Å². The third-order valence-corrected chi connectivity index (χ3v) is 3.57. The Hall–Kier alpha value is -2.89. The fraction of sp³-hybridized carbons (Fsp3) is 0.278. The Labute approximate surface area is 140 Å². The first kappa shape index (κ1) is 17.5. The minimum atomic E-state index is -1.17. The fourth-order valence-corrected chi connectivity index (χ4v) is 2.13. The van der Waals surface area contributed by atoms with E-state index in [0.29, 0.717) is 6.54 Å². The molecule has 24 heavy (non-hydrogen) atoms. The first-order valence-corrected chi connectivity index (χ1v) is 7.71. The molecule has 1 heterocycles. The van der Waals surface area contributed by atoms with Crippen molar-refractivity contribution in [1.82, 2.24) is 10.3 Å². The van der Waals surface area contributed by atoms with Crippen molar-refractivity contribution in [1.29, 1.82) is 0 Å². The van der Waals surface area contributed by atoms with E-state index in [2.05, 4.69) is 10.3 Å². The molecule has 6 nitrogen and oxygen atoms in total. The first-order valence-electron chi connectivity index (χ1n) is 7.71. The normalized spacial score (nSPS) is 11.6. The number of hydrogen-bond acceptors (Lipinski definition) is 4. The van der Waals surface area contributed by atoms with Crippen LogP contribution in [-0.4, -0.2) is 34.6 Å². The third kappa shape index (κ3) is 4.55. The molecule has 126 valence electrons. The number of amides is 1. The highest BCUT2D eigenvalue weighted by Crippen LogP contribution is 2.18. The molecule has 0 fully saturated rings. The number of benzene rings is 1. The van der Waals surface area contributed by atoms with Crippen molar-refractivity contribution in [3.05, 3.63) is 59.4 Å². The van der Waals surface area contributed by atoms with Crippen molar-refractivity contribution in [3.63, 3.8) is 0 Å². The quantitative estimate of drug-likeness (QED) is 0.816. The zero-order valence-electron chi connectivity index (χ0n) is 13.7. The van der Waals surface area contributed by atoms with Gasteiger partial charge in [0.25, 0.3) is 5.91 Å². The van der Waals surface area contributed by atoms with Gasteiger partial charge in [-0.05, 0) is 37.1 Å². The molecule has 1 aromatic heterocycles. The van der Waals surface area contributed by atoms with Crippen LogP contribution in [0, 0.1) is 6.92 Å². The van der Waals surface area contributed by atoms with Gasteiger partial charge in [-0.1, -0.05) is 25.1 Å². The van der Waals surface area contributed by atoms with Crippen molar-refractivity contribution in [2.75, 3.05) is 6.54 Å². The number of aromatic carboxylic acids is 1. The van der Waals surface area contributed by atoms with E-state index in [4.69, 9.17) is 9.84 Å². The summed E-state index contributed by atoms with van der Waals surface area (Å²) in [6.45, 7) is 4.27. The molecule has 1 aromatic carbocycles. The number of para-hydroxylation sites is 1. The molecular weight excluding hydrogens is 308 g/mol. The van der Waals surface area contributed by atoms with E-state index in [1.165, 1.54) is 18.3 Å². The van der Waals surface area contributed by atoms with Crippen LogP contribution < -0.4 is 10.1 Å². The Kier molecular flexibility index (Phi) is 5.89. The summed E-state index contributed by atoms with van der Waals surface area (Å²) in [4.78, 5) is 26.8. The lowest BCUT2D eigenvalue weighted by Crippen LogP contribution is -2.35. The van der Waals surface area contributed by atoms with Gasteiger partial charge >= 0.3 is 5.97 Å². The third-order valence-electron chi connectivity index (χ3n) is 3.57. The summed E-state index contributed by atoms with van der Waals surface area (Å²) < 4.78 is 5.92. The molecule has 0 spiro atoms. The number of carboxylic acids is 1. The van der Waals surface area contributed by atoms with Crippen LogP contribution in [0.4, 0.5) is 0 Å². The summed E-state index contributed by atoms with van der Waals surface area (Å²) in [6, 6.07) is 10.4. The summed E-state index contributed by atoms with van der Waals surface area (Å²) in [5, 5.41) is 11.7. The Balaban J connectivity index is 1.97. The van der Waals surface area contributed by atoms with Crippen LogP contribution in [0.15, 0.2) is 42.6 Å². The molecule has 0 aliphatic carbocycles. The van der Waals surface area contributed by atoms with Crippen LogP contribution in [0.2, 0.25) is 0 Å². The van der Waals surface area contributed by atoms with Crippen LogP contribution in [-0.2, 0) is 0 Å². The molecule has 0 saturated heterocycles. The van der Waals surface area contributed by atoms with Crippen molar-refractivity contribution in [2.45, 2.75) is 26.4 Å². The minimum absolute atomic E-state index is 0.161. The predicted molar refractivity (Wildman–Crippen MR) is 89.4 cm³/mol. The van der Waals surface area contributed by atoms with Gasteiger partial charge in [0.05, 0.1) is 6.54 Å². The van der Waals surface area contributed by atoms with Gasteiger partial charge in [0.2, 0.25) is 0 Å². The van der Waals surface area contributed by atoms with Crippen LogP contribution in [0.25, 0.3) is 0 Å². The number of pyridine rings is 1. The zero-order valence-corrected chi connectivity index (χ0v) is 13.7. The van der Waals surface area contributed by atoms with Crippen molar-refractivity contribution in [3.8, 4) is 5.75 Å². The largest absolute Gasteiger partial charge is 0.488 e. The molecule has 0 aliphatic rings. The molecule has 6 heteroatoms. The summed E-state index contributed by atoms with van der Waals surface area (Å²) in [5.74, 6) is -0.735. The molecule has 2 rings (SSSR count).